The molecule has 0 fully saturated rings. The van der Waals surface area contributed by atoms with Gasteiger partial charge in [0.1, 0.15) is 12.4 Å². The number of rotatable bonds is 6. The van der Waals surface area contributed by atoms with E-state index in [0.29, 0.717) is 22.5 Å². The summed E-state index contributed by atoms with van der Waals surface area (Å²) in [5.74, 6) is 1.14. The molecule has 1 aromatic heterocycles. The molecule has 0 atom stereocenters. The molecule has 0 aliphatic heterocycles. The molecule has 0 amide bonds. The van der Waals surface area contributed by atoms with E-state index in [9.17, 15) is 4.79 Å². The van der Waals surface area contributed by atoms with Gasteiger partial charge in [-0.1, -0.05) is 42.5 Å². The fourth-order valence-electron chi connectivity index (χ4n) is 3.03. The van der Waals surface area contributed by atoms with Crippen LogP contribution < -0.4 is 15.2 Å². The molecule has 3 aromatic carbocycles. The van der Waals surface area contributed by atoms with Crippen LogP contribution in [0.5, 0.6) is 5.75 Å². The fraction of sp³-hybridized carbons (Fsp3) is 0.125. The van der Waals surface area contributed by atoms with Gasteiger partial charge in [-0.2, -0.15) is 9.78 Å². The van der Waals surface area contributed by atoms with Gasteiger partial charge in [-0.3, -0.25) is 4.79 Å². The lowest BCUT2D eigenvalue weighted by Gasteiger charge is -2.12. The second kappa shape index (κ2) is 8.61. The number of hydrogen-bond acceptors (Lipinski definition) is 5. The van der Waals surface area contributed by atoms with Crippen molar-refractivity contribution in [3.63, 3.8) is 0 Å². The number of ether oxygens (including phenoxy) is 1. The van der Waals surface area contributed by atoms with E-state index in [4.69, 9.17) is 4.74 Å². The number of aromatic nitrogens is 2. The Balaban J connectivity index is 1.70. The van der Waals surface area contributed by atoms with Crippen LogP contribution in [0.4, 0.5) is 5.69 Å². The Kier molecular flexibility index (Phi) is 5.57. The maximum Gasteiger partial charge on any atom is 0.282 e. The maximum atomic E-state index is 13.1. The van der Waals surface area contributed by atoms with Gasteiger partial charge in [-0.25, -0.2) is 4.98 Å². The molecule has 0 spiro atoms. The van der Waals surface area contributed by atoms with Crippen LogP contribution in [-0.4, -0.2) is 30.0 Å². The highest BCUT2D eigenvalue weighted by Crippen LogP contribution is 2.14. The van der Waals surface area contributed by atoms with Gasteiger partial charge in [-0.05, 0) is 42.0 Å². The second-order valence-electron chi connectivity index (χ2n) is 6.99. The van der Waals surface area contributed by atoms with Crippen LogP contribution in [0.1, 0.15) is 11.4 Å². The normalized spacial score (nSPS) is 11.1. The lowest BCUT2D eigenvalue weighted by molar-refractivity contribution is 0.289. The highest BCUT2D eigenvalue weighted by atomic mass is 16.5. The van der Waals surface area contributed by atoms with Gasteiger partial charge in [0.2, 0.25) is 0 Å². The SMILES string of the molecule is CN(C)c1ccc(/C=N/n2c(COc3ccccc3)nc3ccccc3c2=O)cc1. The minimum Gasteiger partial charge on any atom is -0.486 e. The number of benzene rings is 3. The minimum atomic E-state index is -0.228. The number of para-hydroxylation sites is 2. The van der Waals surface area contributed by atoms with Gasteiger partial charge in [0.05, 0.1) is 17.1 Å². The van der Waals surface area contributed by atoms with Crippen molar-refractivity contribution in [1.29, 1.82) is 0 Å². The fourth-order valence-corrected chi connectivity index (χ4v) is 3.03. The van der Waals surface area contributed by atoms with Crippen LogP contribution in [0.2, 0.25) is 0 Å². The molecule has 1 heterocycles. The van der Waals surface area contributed by atoms with Crippen molar-refractivity contribution in [2.45, 2.75) is 6.61 Å². The van der Waals surface area contributed by atoms with Gasteiger partial charge in [0, 0.05) is 19.8 Å². The molecule has 30 heavy (non-hydrogen) atoms. The molecule has 4 aromatic rings. The maximum absolute atomic E-state index is 13.1. The second-order valence-corrected chi connectivity index (χ2v) is 6.99. The average molecular weight is 398 g/mol. The molecule has 0 N–H and O–H groups in total. The largest absolute Gasteiger partial charge is 0.486 e. The van der Waals surface area contributed by atoms with Gasteiger partial charge < -0.3 is 9.64 Å². The van der Waals surface area contributed by atoms with Crippen LogP contribution in [0, 0.1) is 0 Å². The highest BCUT2D eigenvalue weighted by Gasteiger charge is 2.11. The summed E-state index contributed by atoms with van der Waals surface area (Å²) in [6, 6.07) is 24.6. The molecule has 0 aliphatic carbocycles. The topological polar surface area (TPSA) is 59.7 Å². The molecule has 0 bridgehead atoms. The zero-order chi connectivity index (χ0) is 20.9. The lowest BCUT2D eigenvalue weighted by atomic mass is 10.2. The van der Waals surface area contributed by atoms with Crippen molar-refractivity contribution >= 4 is 22.8 Å². The molecule has 0 saturated heterocycles. The van der Waals surface area contributed by atoms with Crippen molar-refractivity contribution < 1.29 is 4.74 Å². The summed E-state index contributed by atoms with van der Waals surface area (Å²) in [5.41, 5.74) is 2.37. The molecular weight excluding hydrogens is 376 g/mol. The first-order valence-electron chi connectivity index (χ1n) is 9.62. The van der Waals surface area contributed by atoms with Crippen LogP contribution in [0.25, 0.3) is 10.9 Å². The average Bonchev–Trinajstić information content (AvgIpc) is 2.78. The summed E-state index contributed by atoms with van der Waals surface area (Å²) in [7, 11) is 3.98. The third-order valence-corrected chi connectivity index (χ3v) is 4.66. The monoisotopic (exact) mass is 398 g/mol. The number of anilines is 1. The van der Waals surface area contributed by atoms with E-state index in [1.807, 2.05) is 91.8 Å². The third-order valence-electron chi connectivity index (χ3n) is 4.66. The Hall–Kier alpha value is -3.93. The van der Waals surface area contributed by atoms with Crippen LogP contribution in [0.3, 0.4) is 0 Å². The molecule has 0 saturated carbocycles. The van der Waals surface area contributed by atoms with E-state index in [0.717, 1.165) is 11.3 Å². The first kappa shape index (κ1) is 19.4. The van der Waals surface area contributed by atoms with E-state index in [1.54, 1.807) is 12.3 Å². The molecule has 4 rings (SSSR count). The van der Waals surface area contributed by atoms with Crippen molar-refractivity contribution in [2.24, 2.45) is 5.10 Å². The zero-order valence-corrected chi connectivity index (χ0v) is 16.9. The standard InChI is InChI=1S/C24H22N4O2/c1-27(2)19-14-12-18(13-15-19)16-25-28-23(17-30-20-8-4-3-5-9-20)26-22-11-7-6-10-21(22)24(28)29/h3-16H,17H2,1-2H3/b25-16+. The van der Waals surface area contributed by atoms with Crippen LogP contribution in [-0.2, 0) is 6.61 Å². The molecule has 0 radical (unpaired) electrons. The zero-order valence-electron chi connectivity index (χ0n) is 16.9. The Morgan fingerprint density at radius 3 is 2.40 bits per heavy atom. The number of nitrogens with zero attached hydrogens (tertiary/aromatic N) is 4. The van der Waals surface area contributed by atoms with Crippen molar-refractivity contribution in [2.75, 3.05) is 19.0 Å². The van der Waals surface area contributed by atoms with E-state index < -0.39 is 0 Å². The van der Waals surface area contributed by atoms with Crippen LogP contribution in [0.15, 0.2) is 88.8 Å². The van der Waals surface area contributed by atoms with E-state index in [-0.39, 0.29) is 12.2 Å². The molecular formula is C24H22N4O2. The van der Waals surface area contributed by atoms with Gasteiger partial charge >= 0.3 is 0 Å². The summed E-state index contributed by atoms with van der Waals surface area (Å²) in [6.45, 7) is 0.126. The predicted molar refractivity (Wildman–Crippen MR) is 121 cm³/mol. The van der Waals surface area contributed by atoms with Crippen molar-refractivity contribution in [1.82, 2.24) is 9.66 Å². The summed E-state index contributed by atoms with van der Waals surface area (Å²) in [4.78, 5) is 19.7. The number of hydrogen-bond donors (Lipinski definition) is 0. The van der Waals surface area contributed by atoms with Gasteiger partial charge in [0.15, 0.2) is 5.82 Å². The molecule has 150 valence electrons. The molecule has 0 aliphatic rings. The molecule has 6 nitrogen and oxygen atoms in total. The Bertz CT molecular complexity index is 1230. The highest BCUT2D eigenvalue weighted by molar-refractivity contribution is 5.81. The third kappa shape index (κ3) is 4.22. The van der Waals surface area contributed by atoms with E-state index in [2.05, 4.69) is 10.1 Å². The smallest absolute Gasteiger partial charge is 0.282 e. The van der Waals surface area contributed by atoms with E-state index in [1.165, 1.54) is 4.68 Å². The summed E-state index contributed by atoms with van der Waals surface area (Å²) < 4.78 is 7.14. The summed E-state index contributed by atoms with van der Waals surface area (Å²) >= 11 is 0. The summed E-state index contributed by atoms with van der Waals surface area (Å²) in [5, 5.41) is 4.95. The Labute approximate surface area is 174 Å². The van der Waals surface area contributed by atoms with Crippen LogP contribution >= 0.6 is 0 Å². The first-order chi connectivity index (χ1) is 14.6. The Morgan fingerprint density at radius 2 is 1.67 bits per heavy atom. The van der Waals surface area contributed by atoms with Gasteiger partial charge in [0.25, 0.3) is 5.56 Å². The summed E-state index contributed by atoms with van der Waals surface area (Å²) in [6.07, 6.45) is 1.66. The predicted octanol–water partition coefficient (Wildman–Crippen LogP) is 3.92. The first-order valence-corrected chi connectivity index (χ1v) is 9.62. The van der Waals surface area contributed by atoms with Crippen molar-refractivity contribution in [3.05, 3.63) is 101 Å². The quantitative estimate of drug-likeness (QED) is 0.462. The minimum absolute atomic E-state index is 0.126. The van der Waals surface area contributed by atoms with Gasteiger partial charge in [-0.15, -0.1) is 0 Å². The lowest BCUT2D eigenvalue weighted by Crippen LogP contribution is -2.23. The van der Waals surface area contributed by atoms with Crippen molar-refractivity contribution in [3.8, 4) is 5.75 Å². The molecule has 6 heteroatoms. The number of fused-ring (bicyclic) bond motifs is 1. The van der Waals surface area contributed by atoms with E-state index >= 15 is 0 Å². The molecule has 0 unspecified atom stereocenters. The Morgan fingerprint density at radius 1 is 0.967 bits per heavy atom.